The van der Waals surface area contributed by atoms with Gasteiger partial charge in [0.05, 0.1) is 16.0 Å². The number of hydrogen-bond acceptors (Lipinski definition) is 3. The molecule has 1 aromatic carbocycles. The van der Waals surface area contributed by atoms with Crippen molar-refractivity contribution in [1.82, 2.24) is 0 Å². The predicted octanol–water partition coefficient (Wildman–Crippen LogP) is 2.94. The molecule has 0 atom stereocenters. The highest BCUT2D eigenvalue weighted by molar-refractivity contribution is 7.89. The maximum atomic E-state index is 11.2. The van der Waals surface area contributed by atoms with Gasteiger partial charge >= 0.3 is 0 Å². The average molecular weight is 304 g/mol. The Hall–Kier alpha value is -0.780. The Morgan fingerprint density at radius 1 is 1.26 bits per heavy atom. The third-order valence-electron chi connectivity index (χ3n) is 3.49. The van der Waals surface area contributed by atoms with Gasteiger partial charge in [0.1, 0.15) is 5.75 Å². The van der Waals surface area contributed by atoms with Gasteiger partial charge in [0, 0.05) is 0 Å². The molecule has 0 aromatic heterocycles. The molecule has 0 saturated heterocycles. The van der Waals surface area contributed by atoms with Crippen LogP contribution in [0.25, 0.3) is 0 Å². The van der Waals surface area contributed by atoms with E-state index in [1.165, 1.54) is 12.1 Å². The summed E-state index contributed by atoms with van der Waals surface area (Å²) in [6.07, 6.45) is 4.48. The average Bonchev–Trinajstić information content (AvgIpc) is 2.33. The van der Waals surface area contributed by atoms with Crippen molar-refractivity contribution in [1.29, 1.82) is 0 Å². The fourth-order valence-electron chi connectivity index (χ4n) is 2.28. The van der Waals surface area contributed by atoms with Crippen molar-refractivity contribution < 1.29 is 13.2 Å². The van der Waals surface area contributed by atoms with E-state index >= 15 is 0 Å². The van der Waals surface area contributed by atoms with Crippen LogP contribution in [0.5, 0.6) is 5.75 Å². The van der Waals surface area contributed by atoms with Crippen molar-refractivity contribution in [2.24, 2.45) is 11.1 Å². The third-order valence-corrected chi connectivity index (χ3v) is 4.69. The molecule has 0 unspecified atom stereocenters. The summed E-state index contributed by atoms with van der Waals surface area (Å²) in [4.78, 5) is 0.00196. The van der Waals surface area contributed by atoms with Crippen molar-refractivity contribution in [3.05, 3.63) is 23.2 Å². The van der Waals surface area contributed by atoms with Crippen LogP contribution in [0.4, 0.5) is 0 Å². The Morgan fingerprint density at radius 2 is 1.89 bits per heavy atom. The van der Waals surface area contributed by atoms with Crippen LogP contribution >= 0.6 is 11.6 Å². The van der Waals surface area contributed by atoms with Crippen LogP contribution in [0.3, 0.4) is 0 Å². The summed E-state index contributed by atoms with van der Waals surface area (Å²) in [7, 11) is -3.72. The van der Waals surface area contributed by atoms with Crippen molar-refractivity contribution in [2.75, 3.05) is 0 Å². The van der Waals surface area contributed by atoms with Gasteiger partial charge in [-0.2, -0.15) is 0 Å². The zero-order valence-corrected chi connectivity index (χ0v) is 12.4. The number of nitrogens with two attached hydrogens (primary N) is 1. The van der Waals surface area contributed by atoms with E-state index in [-0.39, 0.29) is 16.0 Å². The molecule has 0 bridgehead atoms. The molecule has 1 aliphatic rings. The maximum Gasteiger partial charge on any atom is 0.238 e. The first-order chi connectivity index (χ1) is 8.86. The first kappa shape index (κ1) is 14.6. The molecular weight excluding hydrogens is 286 g/mol. The lowest BCUT2D eigenvalue weighted by Crippen LogP contribution is -2.23. The minimum absolute atomic E-state index is 0.00196. The van der Waals surface area contributed by atoms with Crippen LogP contribution in [-0.2, 0) is 10.0 Å². The first-order valence-electron chi connectivity index (χ1n) is 6.35. The Labute approximate surface area is 118 Å². The summed E-state index contributed by atoms with van der Waals surface area (Å²) >= 11 is 6.04. The number of primary sulfonamides is 1. The number of hydrogen-bond donors (Lipinski definition) is 1. The quantitative estimate of drug-likeness (QED) is 0.933. The summed E-state index contributed by atoms with van der Waals surface area (Å²) < 4.78 is 28.2. The second-order valence-corrected chi connectivity index (χ2v) is 7.11. The molecule has 0 amide bonds. The number of benzene rings is 1. The van der Waals surface area contributed by atoms with Crippen molar-refractivity contribution in [3.8, 4) is 5.75 Å². The molecular formula is C13H18ClNO3S. The number of sulfonamides is 1. The Morgan fingerprint density at radius 3 is 2.42 bits per heavy atom. The standard InChI is InChI=1S/C13H18ClNO3S/c1-9-2-4-10(5-3-9)18-13-7-6-11(8-12(13)14)19(15,16)17/h6-10H,2-5H2,1H3,(H2,15,16,17). The van der Waals surface area contributed by atoms with E-state index in [1.807, 2.05) is 0 Å². The maximum absolute atomic E-state index is 11.2. The Kier molecular flexibility index (Phi) is 4.38. The van der Waals surface area contributed by atoms with E-state index in [0.29, 0.717) is 5.75 Å². The lowest BCUT2D eigenvalue weighted by molar-refractivity contribution is 0.135. The molecule has 1 aromatic rings. The van der Waals surface area contributed by atoms with Gasteiger partial charge in [0.2, 0.25) is 10.0 Å². The zero-order chi connectivity index (χ0) is 14.0. The van der Waals surface area contributed by atoms with Crippen LogP contribution in [0.15, 0.2) is 23.1 Å². The lowest BCUT2D eigenvalue weighted by Gasteiger charge is -2.27. The number of ether oxygens (including phenoxy) is 1. The third kappa shape index (κ3) is 3.84. The van der Waals surface area contributed by atoms with Gasteiger partial charge in [-0.25, -0.2) is 13.6 Å². The fraction of sp³-hybridized carbons (Fsp3) is 0.538. The van der Waals surface area contributed by atoms with Crippen LogP contribution in [0, 0.1) is 5.92 Å². The van der Waals surface area contributed by atoms with Gasteiger partial charge in [-0.3, -0.25) is 0 Å². The molecule has 106 valence electrons. The van der Waals surface area contributed by atoms with Gasteiger partial charge in [0.15, 0.2) is 0 Å². The molecule has 2 rings (SSSR count). The molecule has 4 nitrogen and oxygen atoms in total. The molecule has 6 heteroatoms. The normalized spacial score (nSPS) is 24.2. The van der Waals surface area contributed by atoms with E-state index in [1.54, 1.807) is 6.07 Å². The van der Waals surface area contributed by atoms with Gasteiger partial charge in [0.25, 0.3) is 0 Å². The van der Waals surface area contributed by atoms with Crippen molar-refractivity contribution in [2.45, 2.75) is 43.6 Å². The monoisotopic (exact) mass is 303 g/mol. The minimum atomic E-state index is -3.72. The summed E-state index contributed by atoms with van der Waals surface area (Å²) in [6, 6.07) is 4.32. The Balaban J connectivity index is 2.09. The highest BCUT2D eigenvalue weighted by Crippen LogP contribution is 2.32. The highest BCUT2D eigenvalue weighted by Gasteiger charge is 2.21. The van der Waals surface area contributed by atoms with E-state index < -0.39 is 10.0 Å². The van der Waals surface area contributed by atoms with Crippen LogP contribution in [-0.4, -0.2) is 14.5 Å². The molecule has 1 aliphatic carbocycles. The van der Waals surface area contributed by atoms with Gasteiger partial charge in [-0.15, -0.1) is 0 Å². The lowest BCUT2D eigenvalue weighted by atomic mass is 9.89. The van der Waals surface area contributed by atoms with E-state index in [2.05, 4.69) is 6.92 Å². The summed E-state index contributed by atoms with van der Waals surface area (Å²) in [5, 5.41) is 5.33. The second kappa shape index (κ2) is 5.69. The van der Waals surface area contributed by atoms with Crippen LogP contribution in [0.1, 0.15) is 32.6 Å². The minimum Gasteiger partial charge on any atom is -0.489 e. The van der Waals surface area contributed by atoms with E-state index in [0.717, 1.165) is 31.6 Å². The molecule has 0 heterocycles. The zero-order valence-electron chi connectivity index (χ0n) is 10.8. The predicted molar refractivity (Wildman–Crippen MR) is 74.9 cm³/mol. The Bertz CT molecular complexity index is 551. The first-order valence-corrected chi connectivity index (χ1v) is 8.27. The second-order valence-electron chi connectivity index (χ2n) is 5.14. The molecule has 0 spiro atoms. The molecule has 0 aliphatic heterocycles. The number of halogens is 1. The highest BCUT2D eigenvalue weighted by atomic mass is 35.5. The molecule has 1 saturated carbocycles. The van der Waals surface area contributed by atoms with Crippen LogP contribution < -0.4 is 9.88 Å². The number of rotatable bonds is 3. The molecule has 2 N–H and O–H groups in total. The van der Waals surface area contributed by atoms with Gasteiger partial charge in [-0.1, -0.05) is 18.5 Å². The van der Waals surface area contributed by atoms with Crippen molar-refractivity contribution in [3.63, 3.8) is 0 Å². The topological polar surface area (TPSA) is 69.4 Å². The summed E-state index contributed by atoms with van der Waals surface area (Å²) in [5.74, 6) is 1.27. The van der Waals surface area contributed by atoms with Crippen LogP contribution in [0.2, 0.25) is 5.02 Å². The smallest absolute Gasteiger partial charge is 0.238 e. The fourth-order valence-corrected chi connectivity index (χ4v) is 3.11. The van der Waals surface area contributed by atoms with E-state index in [4.69, 9.17) is 21.5 Å². The molecule has 19 heavy (non-hydrogen) atoms. The van der Waals surface area contributed by atoms with Crippen molar-refractivity contribution >= 4 is 21.6 Å². The SMILES string of the molecule is CC1CCC(Oc2ccc(S(N)(=O)=O)cc2Cl)CC1. The summed E-state index contributed by atoms with van der Waals surface area (Å²) in [5.41, 5.74) is 0. The van der Waals surface area contributed by atoms with Gasteiger partial charge < -0.3 is 4.74 Å². The molecule has 0 radical (unpaired) electrons. The van der Waals surface area contributed by atoms with E-state index in [9.17, 15) is 8.42 Å². The molecule has 1 fully saturated rings. The largest absolute Gasteiger partial charge is 0.489 e. The summed E-state index contributed by atoms with van der Waals surface area (Å²) in [6.45, 7) is 2.24. The van der Waals surface area contributed by atoms with Gasteiger partial charge in [-0.05, 0) is 49.8 Å².